The highest BCUT2D eigenvalue weighted by atomic mass is 16.3. The van der Waals surface area contributed by atoms with E-state index in [2.05, 4.69) is 218 Å². The van der Waals surface area contributed by atoms with Crippen molar-refractivity contribution in [3.05, 3.63) is 161 Å². The van der Waals surface area contributed by atoms with Gasteiger partial charge < -0.3 is 19.1 Å². The van der Waals surface area contributed by atoms with Crippen LogP contribution in [-0.2, 0) is 27.1 Å². The summed E-state index contributed by atoms with van der Waals surface area (Å²) in [7, 11) is 0. The van der Waals surface area contributed by atoms with Gasteiger partial charge >= 0.3 is 0 Å². The molecule has 2 unspecified atom stereocenters. The first-order valence-corrected chi connectivity index (χ1v) is 27.3. The predicted molar refractivity (Wildman–Crippen MR) is 306 cm³/mol. The quantitative estimate of drug-likeness (QED) is 0.164. The lowest BCUT2D eigenvalue weighted by Gasteiger charge is -2.52. The van der Waals surface area contributed by atoms with E-state index in [-0.39, 0.29) is 39.3 Å². The number of fused-ring (bicyclic) bond motifs is 12. The maximum atomic E-state index is 7.03. The van der Waals surface area contributed by atoms with Crippen LogP contribution < -0.4 is 31.1 Å². The van der Waals surface area contributed by atoms with Crippen molar-refractivity contribution >= 4 is 90.5 Å². The Morgan fingerprint density at radius 2 is 1.06 bits per heavy atom. The molecule has 1 aromatic heterocycles. The van der Waals surface area contributed by atoms with Crippen molar-refractivity contribution in [2.45, 2.75) is 160 Å². The van der Waals surface area contributed by atoms with Crippen LogP contribution in [0.15, 0.2) is 132 Å². The number of para-hydroxylation sites is 3. The van der Waals surface area contributed by atoms with Gasteiger partial charge in [-0.25, -0.2) is 0 Å². The first-order chi connectivity index (χ1) is 34.3. The highest BCUT2D eigenvalue weighted by molar-refractivity contribution is 7.00. The SMILES string of the molecule is Cc1cc2c3c(c1)N1c4c(cccc4C4(C)CCCCC14C)B3c1ccc(N(c3ccc4c(c3)C(C)(C)CCC4(C)C)c3ccc4c(c3)C(C)(C)CCC4(C)C)cc1N2c1cccc2c1oc1ccccc12. The second kappa shape index (κ2) is 14.5. The van der Waals surface area contributed by atoms with Crippen LogP contribution in [0.1, 0.15) is 154 Å². The van der Waals surface area contributed by atoms with Crippen LogP contribution in [0.5, 0.6) is 0 Å². The summed E-state index contributed by atoms with van der Waals surface area (Å²) in [6.07, 6.45) is 9.63. The van der Waals surface area contributed by atoms with Gasteiger partial charge in [0.2, 0.25) is 0 Å². The van der Waals surface area contributed by atoms with Gasteiger partial charge in [0.05, 0.1) is 11.2 Å². The average Bonchev–Trinajstić information content (AvgIpc) is 3.84. The molecule has 14 rings (SSSR count). The minimum Gasteiger partial charge on any atom is -0.454 e. The van der Waals surface area contributed by atoms with E-state index in [4.69, 9.17) is 4.42 Å². The van der Waals surface area contributed by atoms with Crippen LogP contribution in [0, 0.1) is 6.92 Å². The maximum Gasteiger partial charge on any atom is 0.252 e. The molecule has 0 radical (unpaired) electrons. The lowest BCUT2D eigenvalue weighted by atomic mass is 9.33. The number of nitrogens with zero attached hydrogens (tertiary/aromatic N) is 3. The average molecular weight is 944 g/mol. The van der Waals surface area contributed by atoms with Gasteiger partial charge in [-0.3, -0.25) is 0 Å². The Morgan fingerprint density at radius 1 is 0.472 bits per heavy atom. The molecule has 0 N–H and O–H groups in total. The molecule has 1 fully saturated rings. The Hall–Kier alpha value is -6.20. The molecule has 4 heterocycles. The minimum atomic E-state index is -0.0399. The molecule has 2 atom stereocenters. The monoisotopic (exact) mass is 944 g/mol. The predicted octanol–water partition coefficient (Wildman–Crippen LogP) is 16.4. The summed E-state index contributed by atoms with van der Waals surface area (Å²) in [5.74, 6) is 0. The summed E-state index contributed by atoms with van der Waals surface area (Å²) in [4.78, 5) is 8.05. The zero-order chi connectivity index (χ0) is 49.6. The normalized spacial score (nSPS) is 23.2. The number of hydrogen-bond donors (Lipinski definition) is 0. The molecule has 0 saturated heterocycles. The molecular weight excluding hydrogens is 874 g/mol. The van der Waals surface area contributed by atoms with Crippen LogP contribution in [0.4, 0.5) is 45.5 Å². The van der Waals surface area contributed by atoms with Crippen molar-refractivity contribution in [1.29, 1.82) is 0 Å². The van der Waals surface area contributed by atoms with E-state index in [0.717, 1.165) is 33.3 Å². The van der Waals surface area contributed by atoms with E-state index in [1.54, 1.807) is 0 Å². The van der Waals surface area contributed by atoms with Crippen molar-refractivity contribution < 1.29 is 4.42 Å². The van der Waals surface area contributed by atoms with Gasteiger partial charge in [-0.2, -0.15) is 0 Å². The summed E-state index contributed by atoms with van der Waals surface area (Å²) in [6.45, 7) is 27.2. The third-order valence-electron chi connectivity index (χ3n) is 20.2. The molecule has 72 heavy (non-hydrogen) atoms. The van der Waals surface area contributed by atoms with Crippen molar-refractivity contribution in [3.8, 4) is 0 Å². The zero-order valence-corrected chi connectivity index (χ0v) is 44.6. The summed E-state index contributed by atoms with van der Waals surface area (Å²) in [6, 6.07) is 50.1. The topological polar surface area (TPSA) is 22.9 Å². The molecule has 8 aromatic rings. The number of rotatable bonds is 4. The second-order valence-corrected chi connectivity index (χ2v) is 26.2. The zero-order valence-electron chi connectivity index (χ0n) is 44.6. The fourth-order valence-corrected chi connectivity index (χ4v) is 15.6. The van der Waals surface area contributed by atoms with Gasteiger partial charge in [-0.1, -0.05) is 142 Å². The smallest absolute Gasteiger partial charge is 0.252 e. The number of aryl methyl sites for hydroxylation is 1. The van der Waals surface area contributed by atoms with E-state index < -0.39 is 0 Å². The van der Waals surface area contributed by atoms with Crippen LogP contribution in [0.2, 0.25) is 0 Å². The van der Waals surface area contributed by atoms with E-state index in [9.17, 15) is 0 Å². The molecule has 3 aliphatic carbocycles. The first-order valence-electron chi connectivity index (χ1n) is 27.3. The Labute approximate surface area is 428 Å². The number of anilines is 8. The third-order valence-corrected chi connectivity index (χ3v) is 20.2. The van der Waals surface area contributed by atoms with E-state index >= 15 is 0 Å². The number of hydrogen-bond acceptors (Lipinski definition) is 4. The van der Waals surface area contributed by atoms with Crippen molar-refractivity contribution in [3.63, 3.8) is 0 Å². The largest absolute Gasteiger partial charge is 0.454 e. The first kappa shape index (κ1) is 44.5. The summed E-state index contributed by atoms with van der Waals surface area (Å²) >= 11 is 0. The van der Waals surface area contributed by atoms with E-state index in [1.165, 1.54) is 135 Å². The maximum absolute atomic E-state index is 7.03. The molecular formula is C67H70BN3O. The van der Waals surface area contributed by atoms with Crippen LogP contribution in [-0.4, -0.2) is 12.3 Å². The fraction of sp³-hybridized carbons (Fsp3) is 0.373. The number of benzene rings is 7. The molecule has 362 valence electrons. The molecule has 1 saturated carbocycles. The standard InChI is InChI=1S/C67H70BN3O/c1-41-36-56-59-57(37-41)71-60-49(66(10)30-14-15-31-67(66,71)11)20-17-21-53(60)68(59)52-29-26-44(40-55(52)70(56)54-22-16-19-46-45-18-12-13-23-58(45)72-61(46)54)69(42-24-27-47-50(38-42)64(6,7)34-32-62(47,2)3)43-25-28-48-51(39-43)65(8,9)35-33-63(48,4)5/h12-13,16-29,36-40H,14-15,30-35H2,1-11H3. The van der Waals surface area contributed by atoms with Crippen LogP contribution >= 0.6 is 0 Å². The Morgan fingerprint density at radius 3 is 1.75 bits per heavy atom. The van der Waals surface area contributed by atoms with Gasteiger partial charge in [0.15, 0.2) is 5.58 Å². The van der Waals surface area contributed by atoms with Crippen molar-refractivity contribution in [2.24, 2.45) is 0 Å². The second-order valence-electron chi connectivity index (χ2n) is 26.2. The molecule has 3 aliphatic heterocycles. The van der Waals surface area contributed by atoms with Crippen molar-refractivity contribution in [1.82, 2.24) is 0 Å². The lowest BCUT2D eigenvalue weighted by Crippen LogP contribution is -2.64. The Balaban J connectivity index is 1.06. The molecule has 0 bridgehead atoms. The van der Waals surface area contributed by atoms with Gasteiger partial charge in [0, 0.05) is 56.0 Å². The van der Waals surface area contributed by atoms with Gasteiger partial charge in [0.1, 0.15) is 5.58 Å². The summed E-state index contributed by atoms with van der Waals surface area (Å²) < 4.78 is 7.03. The van der Waals surface area contributed by atoms with Crippen LogP contribution in [0.25, 0.3) is 21.9 Å². The molecule has 0 amide bonds. The highest BCUT2D eigenvalue weighted by Crippen LogP contribution is 2.62. The molecule has 6 aliphatic rings. The molecule has 4 nitrogen and oxygen atoms in total. The molecule has 0 spiro atoms. The molecule has 5 heteroatoms. The highest BCUT2D eigenvalue weighted by Gasteiger charge is 2.61. The van der Waals surface area contributed by atoms with E-state index in [1.807, 2.05) is 0 Å². The van der Waals surface area contributed by atoms with Gasteiger partial charge in [-0.15, -0.1) is 0 Å². The number of furan rings is 1. The van der Waals surface area contributed by atoms with Crippen LogP contribution in [0.3, 0.4) is 0 Å². The third kappa shape index (κ3) is 5.83. The summed E-state index contributed by atoms with van der Waals surface area (Å²) in [5.41, 5.74) is 25.1. The van der Waals surface area contributed by atoms with Crippen molar-refractivity contribution in [2.75, 3.05) is 14.7 Å². The Kier molecular flexibility index (Phi) is 8.97. The minimum absolute atomic E-state index is 0.0399. The Bertz CT molecular complexity index is 3570. The van der Waals surface area contributed by atoms with Gasteiger partial charge in [0.25, 0.3) is 6.71 Å². The van der Waals surface area contributed by atoms with E-state index in [0.29, 0.717) is 0 Å². The van der Waals surface area contributed by atoms with Gasteiger partial charge in [-0.05, 0) is 184 Å². The lowest BCUT2D eigenvalue weighted by molar-refractivity contribution is 0.195. The fourth-order valence-electron chi connectivity index (χ4n) is 15.6. The summed E-state index contributed by atoms with van der Waals surface area (Å²) in [5, 5.41) is 2.29. The molecule has 7 aromatic carbocycles.